The van der Waals surface area contributed by atoms with E-state index in [0.717, 1.165) is 12.1 Å². The molecule has 2 nitrogen and oxygen atoms in total. The van der Waals surface area contributed by atoms with Crippen molar-refractivity contribution in [3.8, 4) is 0 Å². The van der Waals surface area contributed by atoms with E-state index in [9.17, 15) is 22.4 Å². The lowest BCUT2D eigenvalue weighted by atomic mass is 10.1. The molecule has 0 fully saturated rings. The van der Waals surface area contributed by atoms with Crippen molar-refractivity contribution in [2.45, 2.75) is 19.1 Å². The molecule has 6 heteroatoms. The molecule has 0 aliphatic carbocycles. The van der Waals surface area contributed by atoms with Crippen LogP contribution in [0.4, 0.5) is 17.6 Å². The van der Waals surface area contributed by atoms with Gasteiger partial charge in [0.15, 0.2) is 0 Å². The molecule has 0 radical (unpaired) electrons. The van der Waals surface area contributed by atoms with Crippen molar-refractivity contribution >= 4 is 5.91 Å². The van der Waals surface area contributed by atoms with Gasteiger partial charge < -0.3 is 4.90 Å². The molecule has 2 aromatic carbocycles. The van der Waals surface area contributed by atoms with Crippen molar-refractivity contribution in [2.75, 3.05) is 7.05 Å². The fourth-order valence-electron chi connectivity index (χ4n) is 2.14. The second-order valence-electron chi connectivity index (χ2n) is 5.22. The Hall–Kier alpha value is -2.37. The third-order valence-corrected chi connectivity index (χ3v) is 3.40. The van der Waals surface area contributed by atoms with Gasteiger partial charge in [-0.3, -0.25) is 4.79 Å². The average Bonchev–Trinajstić information content (AvgIpc) is 2.49. The predicted molar refractivity (Wildman–Crippen MR) is 78.0 cm³/mol. The van der Waals surface area contributed by atoms with Crippen LogP contribution >= 0.6 is 0 Å². The van der Waals surface area contributed by atoms with Crippen LogP contribution in [0, 0.1) is 5.82 Å². The lowest BCUT2D eigenvalue weighted by Gasteiger charge is -2.18. The number of amides is 1. The molecule has 0 bridgehead atoms. The zero-order valence-electron chi connectivity index (χ0n) is 12.4. The maximum atomic E-state index is 13.6. The molecule has 0 unspecified atom stereocenters. The molecule has 122 valence electrons. The van der Waals surface area contributed by atoms with Crippen molar-refractivity contribution in [1.29, 1.82) is 0 Å². The van der Waals surface area contributed by atoms with Crippen molar-refractivity contribution in [3.63, 3.8) is 0 Å². The van der Waals surface area contributed by atoms with Gasteiger partial charge in [0.25, 0.3) is 0 Å². The quantitative estimate of drug-likeness (QED) is 0.777. The Bertz CT molecular complexity index is 697. The number of benzene rings is 2. The van der Waals surface area contributed by atoms with Gasteiger partial charge in [0.05, 0.1) is 12.0 Å². The van der Waals surface area contributed by atoms with Gasteiger partial charge in [0.2, 0.25) is 5.91 Å². The number of alkyl halides is 3. The van der Waals surface area contributed by atoms with Gasteiger partial charge in [-0.2, -0.15) is 13.2 Å². The first-order chi connectivity index (χ1) is 10.8. The van der Waals surface area contributed by atoms with Crippen LogP contribution in [0.15, 0.2) is 48.5 Å². The zero-order valence-corrected chi connectivity index (χ0v) is 12.4. The largest absolute Gasteiger partial charge is 0.416 e. The number of carbonyl (C=O) groups excluding carboxylic acids is 1. The lowest BCUT2D eigenvalue weighted by molar-refractivity contribution is -0.138. The van der Waals surface area contributed by atoms with E-state index in [2.05, 4.69) is 0 Å². The number of carbonyl (C=O) groups is 1. The summed E-state index contributed by atoms with van der Waals surface area (Å²) in [6.45, 7) is 0.0600. The number of halogens is 4. The highest BCUT2D eigenvalue weighted by molar-refractivity contribution is 5.78. The fraction of sp³-hybridized carbons (Fsp3) is 0.235. The fourth-order valence-corrected chi connectivity index (χ4v) is 2.14. The number of hydrogen-bond donors (Lipinski definition) is 0. The summed E-state index contributed by atoms with van der Waals surface area (Å²) in [6.07, 6.45) is -4.62. The summed E-state index contributed by atoms with van der Waals surface area (Å²) in [5, 5.41) is 0. The topological polar surface area (TPSA) is 20.3 Å². The zero-order chi connectivity index (χ0) is 17.0. The van der Waals surface area contributed by atoms with Crippen LogP contribution in [0.5, 0.6) is 0 Å². The van der Waals surface area contributed by atoms with Gasteiger partial charge in [-0.1, -0.05) is 36.4 Å². The average molecular weight is 325 g/mol. The summed E-state index contributed by atoms with van der Waals surface area (Å²) >= 11 is 0. The molecule has 0 aromatic heterocycles. The minimum atomic E-state index is -4.45. The van der Waals surface area contributed by atoms with Crippen LogP contribution in [0.1, 0.15) is 16.7 Å². The number of hydrogen-bond acceptors (Lipinski definition) is 1. The molecule has 0 aliphatic heterocycles. The Morgan fingerprint density at radius 1 is 1.09 bits per heavy atom. The van der Waals surface area contributed by atoms with Crippen molar-refractivity contribution in [2.24, 2.45) is 0 Å². The maximum Gasteiger partial charge on any atom is 0.416 e. The standard InChI is InChI=1S/C17H15F4NO/c1-22(11-13-6-2-3-8-15(13)18)16(23)10-12-5-4-7-14(9-12)17(19,20)21/h2-9H,10-11H2,1H3. The SMILES string of the molecule is CN(Cc1ccccc1F)C(=O)Cc1cccc(C(F)(F)F)c1. The highest BCUT2D eigenvalue weighted by Gasteiger charge is 2.30. The number of rotatable bonds is 4. The summed E-state index contributed by atoms with van der Waals surface area (Å²) in [7, 11) is 1.49. The Labute approximate surface area is 131 Å². The third-order valence-electron chi connectivity index (χ3n) is 3.40. The van der Waals surface area contributed by atoms with Crippen LogP contribution in [0.25, 0.3) is 0 Å². The van der Waals surface area contributed by atoms with E-state index in [1.165, 1.54) is 30.1 Å². The van der Waals surface area contributed by atoms with Gasteiger partial charge >= 0.3 is 6.18 Å². The van der Waals surface area contributed by atoms with Crippen LogP contribution in [-0.2, 0) is 23.9 Å². The maximum absolute atomic E-state index is 13.6. The minimum Gasteiger partial charge on any atom is -0.341 e. The number of nitrogens with zero attached hydrogens (tertiary/aromatic N) is 1. The molecular weight excluding hydrogens is 310 g/mol. The summed E-state index contributed by atoms with van der Waals surface area (Å²) in [6, 6.07) is 10.7. The van der Waals surface area contributed by atoms with Crippen molar-refractivity contribution in [1.82, 2.24) is 4.90 Å². The smallest absolute Gasteiger partial charge is 0.341 e. The molecule has 0 saturated heterocycles. The highest BCUT2D eigenvalue weighted by atomic mass is 19.4. The third kappa shape index (κ3) is 4.55. The van der Waals surface area contributed by atoms with Crippen LogP contribution < -0.4 is 0 Å². The van der Waals surface area contributed by atoms with Crippen molar-refractivity contribution < 1.29 is 22.4 Å². The van der Waals surface area contributed by atoms with E-state index >= 15 is 0 Å². The monoisotopic (exact) mass is 325 g/mol. The van der Waals surface area contributed by atoms with Crippen LogP contribution in [-0.4, -0.2) is 17.9 Å². The van der Waals surface area contributed by atoms with E-state index < -0.39 is 17.6 Å². The van der Waals surface area contributed by atoms with E-state index in [-0.39, 0.29) is 24.4 Å². The Morgan fingerprint density at radius 2 is 1.78 bits per heavy atom. The first-order valence-corrected chi connectivity index (χ1v) is 6.91. The first kappa shape index (κ1) is 17.0. The van der Waals surface area contributed by atoms with E-state index in [0.29, 0.717) is 5.56 Å². The second kappa shape index (κ2) is 6.81. The molecule has 0 saturated carbocycles. The molecule has 0 spiro atoms. The summed E-state index contributed by atoms with van der Waals surface area (Å²) in [5.41, 5.74) is -0.169. The van der Waals surface area contributed by atoms with Crippen molar-refractivity contribution in [3.05, 3.63) is 71.0 Å². The second-order valence-corrected chi connectivity index (χ2v) is 5.22. The summed E-state index contributed by atoms with van der Waals surface area (Å²) in [5.74, 6) is -0.807. The Kier molecular flexibility index (Phi) is 5.03. The first-order valence-electron chi connectivity index (χ1n) is 6.91. The molecule has 23 heavy (non-hydrogen) atoms. The normalized spacial score (nSPS) is 11.3. The minimum absolute atomic E-state index is 0.0600. The Morgan fingerprint density at radius 3 is 2.43 bits per heavy atom. The molecule has 1 amide bonds. The molecule has 2 aromatic rings. The van der Waals surface area contributed by atoms with E-state index in [1.807, 2.05) is 0 Å². The summed E-state index contributed by atoms with van der Waals surface area (Å²) < 4.78 is 51.5. The predicted octanol–water partition coefficient (Wildman–Crippen LogP) is 4.05. The number of likely N-dealkylation sites (N-methyl/N-ethyl adjacent to an activating group) is 1. The van der Waals surface area contributed by atoms with Gasteiger partial charge in [-0.05, 0) is 17.7 Å². The van der Waals surface area contributed by atoms with E-state index in [4.69, 9.17) is 0 Å². The van der Waals surface area contributed by atoms with Gasteiger partial charge in [-0.25, -0.2) is 4.39 Å². The molecule has 2 rings (SSSR count). The molecule has 0 heterocycles. The van der Waals surface area contributed by atoms with Crippen LogP contribution in [0.3, 0.4) is 0 Å². The molecule has 0 aliphatic rings. The molecule has 0 atom stereocenters. The van der Waals surface area contributed by atoms with Gasteiger partial charge in [0, 0.05) is 19.2 Å². The van der Waals surface area contributed by atoms with Gasteiger partial charge in [-0.15, -0.1) is 0 Å². The highest BCUT2D eigenvalue weighted by Crippen LogP contribution is 2.29. The van der Waals surface area contributed by atoms with E-state index in [1.54, 1.807) is 18.2 Å². The Balaban J connectivity index is 2.06. The summed E-state index contributed by atoms with van der Waals surface area (Å²) in [4.78, 5) is 13.4. The van der Waals surface area contributed by atoms with Crippen LogP contribution in [0.2, 0.25) is 0 Å². The lowest BCUT2D eigenvalue weighted by Crippen LogP contribution is -2.28. The molecule has 0 N–H and O–H groups in total. The van der Waals surface area contributed by atoms with Gasteiger partial charge in [0.1, 0.15) is 5.82 Å². The molecular formula is C17H15F4NO.